The number of urea groups is 1. The topological polar surface area (TPSA) is 293 Å². The average molecular weight is 1110 g/mol. The van der Waals surface area contributed by atoms with Crippen molar-refractivity contribution in [2.24, 2.45) is 27.4 Å². The first kappa shape index (κ1) is 56.8. The number of carbonyl (C=O) groups excluding carboxylic acids is 6. The van der Waals surface area contributed by atoms with E-state index in [-0.39, 0.29) is 75.6 Å². The molecule has 9 rings (SSSR count). The number of aromatic nitrogens is 1. The average Bonchev–Trinajstić information content (AvgIpc) is 3.69. The zero-order chi connectivity index (χ0) is 57.2. The van der Waals surface area contributed by atoms with E-state index < -0.39 is 35.8 Å². The number of ether oxygens (including phenoxy) is 5. The number of fused-ring (bicyclic) bond motifs is 6. The van der Waals surface area contributed by atoms with Crippen molar-refractivity contribution < 1.29 is 52.5 Å². The summed E-state index contributed by atoms with van der Waals surface area (Å²) in [5.41, 5.74) is 18.1. The zero-order valence-electron chi connectivity index (χ0n) is 45.7. The highest BCUT2D eigenvalue weighted by Crippen LogP contribution is 2.41. The van der Waals surface area contributed by atoms with Crippen molar-refractivity contribution >= 4 is 65.1 Å². The zero-order valence-corrected chi connectivity index (χ0v) is 45.7. The van der Waals surface area contributed by atoms with Gasteiger partial charge in [0.15, 0.2) is 23.0 Å². The molecule has 0 bridgehead atoms. The van der Waals surface area contributed by atoms with Crippen LogP contribution in [0.1, 0.15) is 87.5 Å². The molecule has 4 aromatic carbocycles. The summed E-state index contributed by atoms with van der Waals surface area (Å²) in [5.74, 6) is -0.721. The predicted molar refractivity (Wildman–Crippen MR) is 301 cm³/mol. The molecule has 0 saturated heterocycles. The van der Waals surface area contributed by atoms with Gasteiger partial charge < -0.3 is 66.2 Å². The van der Waals surface area contributed by atoms with Crippen molar-refractivity contribution in [1.29, 1.82) is 0 Å². The minimum Gasteiger partial charge on any atom is -0.493 e. The van der Waals surface area contributed by atoms with Crippen LogP contribution < -0.4 is 51.7 Å². The molecule has 8 N–H and O–H groups in total. The molecule has 7 amide bonds. The van der Waals surface area contributed by atoms with E-state index in [0.29, 0.717) is 102 Å². The minimum absolute atomic E-state index is 0.0224. The lowest BCUT2D eigenvalue weighted by atomic mass is 9.93. The van der Waals surface area contributed by atoms with Crippen molar-refractivity contribution in [2.75, 3.05) is 45.8 Å². The third kappa shape index (κ3) is 13.6. The van der Waals surface area contributed by atoms with Gasteiger partial charge in [-0.1, -0.05) is 50.2 Å². The maximum atomic E-state index is 14.5. The third-order valence-corrected chi connectivity index (χ3v) is 14.5. The molecule has 4 aliphatic rings. The van der Waals surface area contributed by atoms with Crippen molar-refractivity contribution in [3.05, 3.63) is 130 Å². The predicted octanol–water partition coefficient (Wildman–Crippen LogP) is 5.20. The summed E-state index contributed by atoms with van der Waals surface area (Å²) in [6.45, 7) is 5.29. The van der Waals surface area contributed by atoms with E-state index >= 15 is 0 Å². The van der Waals surface area contributed by atoms with E-state index in [0.717, 1.165) is 16.7 Å². The SMILES string of the molecule is COc1cc2c(cc1OCc1cccc(COc3cc4c(cc3OC)C(=O)N3Cc5cc(NC(=O)[C@H](CCCNC(N)=O)NC(=O)[C@@H](NC(=O)CCOCCN)C(C)C)ccc5C[C@H]3C=N4)n1)N=C[C@@H]1Cc3ccccc3CN1C2=O. The van der Waals surface area contributed by atoms with Gasteiger partial charge in [0.05, 0.1) is 73.4 Å². The summed E-state index contributed by atoms with van der Waals surface area (Å²) in [6.07, 6.45) is 5.18. The van der Waals surface area contributed by atoms with Crippen molar-refractivity contribution in [3.8, 4) is 23.0 Å². The number of pyridine rings is 1. The second-order valence-corrected chi connectivity index (χ2v) is 20.4. The van der Waals surface area contributed by atoms with Gasteiger partial charge in [0.25, 0.3) is 11.8 Å². The van der Waals surface area contributed by atoms with E-state index in [4.69, 9.17) is 50.1 Å². The van der Waals surface area contributed by atoms with Gasteiger partial charge in [-0.05, 0) is 90.3 Å². The van der Waals surface area contributed by atoms with E-state index in [2.05, 4.69) is 33.4 Å². The molecular formula is C59H67N11O11. The quantitative estimate of drug-likeness (QED) is 0.0459. The highest BCUT2D eigenvalue weighted by Gasteiger charge is 2.36. The van der Waals surface area contributed by atoms with Crippen LogP contribution >= 0.6 is 0 Å². The normalized spacial score (nSPS) is 16.4. The molecule has 0 fully saturated rings. The van der Waals surface area contributed by atoms with Gasteiger partial charge in [-0.2, -0.15) is 0 Å². The Morgan fingerprint density at radius 2 is 1.28 bits per heavy atom. The van der Waals surface area contributed by atoms with Crippen molar-refractivity contribution in [1.82, 2.24) is 30.7 Å². The smallest absolute Gasteiger partial charge is 0.312 e. The van der Waals surface area contributed by atoms with Crippen LogP contribution in [0.2, 0.25) is 0 Å². The molecule has 4 atom stereocenters. The summed E-state index contributed by atoms with van der Waals surface area (Å²) in [6, 6.07) is 22.5. The van der Waals surface area contributed by atoms with Gasteiger partial charge in [-0.3, -0.25) is 38.9 Å². The largest absolute Gasteiger partial charge is 0.493 e. The maximum absolute atomic E-state index is 14.5. The summed E-state index contributed by atoms with van der Waals surface area (Å²) in [5, 5.41) is 11.0. The first-order valence-electron chi connectivity index (χ1n) is 26.9. The number of hydrogen-bond acceptors (Lipinski definition) is 15. The third-order valence-electron chi connectivity index (χ3n) is 14.5. The molecule has 5 heterocycles. The van der Waals surface area contributed by atoms with Crippen LogP contribution in [0.25, 0.3) is 0 Å². The Balaban J connectivity index is 0.834. The van der Waals surface area contributed by atoms with E-state index in [1.54, 1.807) is 61.4 Å². The maximum Gasteiger partial charge on any atom is 0.312 e. The molecule has 22 nitrogen and oxygen atoms in total. The lowest BCUT2D eigenvalue weighted by molar-refractivity contribution is -0.132. The fourth-order valence-corrected chi connectivity index (χ4v) is 10.2. The van der Waals surface area contributed by atoms with Gasteiger partial charge in [0, 0.05) is 62.8 Å². The number of nitrogens with one attached hydrogen (secondary N) is 4. The number of nitrogens with two attached hydrogens (primary N) is 2. The van der Waals surface area contributed by atoms with Crippen LogP contribution in [0.4, 0.5) is 21.9 Å². The second-order valence-electron chi connectivity index (χ2n) is 20.4. The van der Waals surface area contributed by atoms with Crippen LogP contribution in [0.5, 0.6) is 23.0 Å². The number of anilines is 1. The molecule has 0 saturated carbocycles. The molecule has 0 radical (unpaired) electrons. The Hall–Kier alpha value is -8.89. The number of amides is 7. The first-order valence-corrected chi connectivity index (χ1v) is 26.9. The van der Waals surface area contributed by atoms with Crippen LogP contribution in [0, 0.1) is 5.92 Å². The lowest BCUT2D eigenvalue weighted by Crippen LogP contribution is -2.54. The number of methoxy groups -OCH3 is 2. The number of hydrogen-bond donors (Lipinski definition) is 6. The lowest BCUT2D eigenvalue weighted by Gasteiger charge is -2.34. The second kappa shape index (κ2) is 25.9. The summed E-state index contributed by atoms with van der Waals surface area (Å²) in [4.78, 5) is 98.0. The Morgan fingerprint density at radius 1 is 0.691 bits per heavy atom. The molecule has 22 heteroatoms. The van der Waals surface area contributed by atoms with Gasteiger partial charge >= 0.3 is 6.03 Å². The highest BCUT2D eigenvalue weighted by molar-refractivity contribution is 6.05. The molecular weight excluding hydrogens is 1040 g/mol. The molecule has 0 aliphatic carbocycles. The Morgan fingerprint density at radius 3 is 1.86 bits per heavy atom. The van der Waals surface area contributed by atoms with E-state index in [9.17, 15) is 28.8 Å². The van der Waals surface area contributed by atoms with Crippen LogP contribution in [0.15, 0.2) is 94.9 Å². The van der Waals surface area contributed by atoms with Gasteiger partial charge in [0.2, 0.25) is 17.7 Å². The Labute approximate surface area is 469 Å². The highest BCUT2D eigenvalue weighted by atomic mass is 16.5. The molecule has 5 aromatic rings. The van der Waals surface area contributed by atoms with Gasteiger partial charge in [0.1, 0.15) is 25.3 Å². The van der Waals surface area contributed by atoms with Crippen molar-refractivity contribution in [3.63, 3.8) is 0 Å². The Bertz CT molecular complexity index is 3260. The number of primary amides is 1. The van der Waals surface area contributed by atoms with Gasteiger partial charge in [-0.15, -0.1) is 0 Å². The number of benzene rings is 4. The minimum atomic E-state index is -1.06. The summed E-state index contributed by atoms with van der Waals surface area (Å²) >= 11 is 0. The van der Waals surface area contributed by atoms with E-state index in [1.165, 1.54) is 19.8 Å². The fourth-order valence-electron chi connectivity index (χ4n) is 10.2. The standard InChI is InChI=1S/C59H67N11O11/c1-34(2)54(68-53(71)16-19-79-20-17-60)56(73)67-46(13-8-18-62-59(61)76)55(72)66-39-15-14-36-23-43-29-64-48-27-52(50(78-4)25-45(48)58(75)70(43)31-38(36)21-39)81-33-41-12-7-11-40(65-41)32-80-51-26-47-44(24-49(51)77-3)57(74)69-30-37-10-6-5-9-35(37)22-42(69)28-63-47/h5-7,9-12,14-15,21,24-29,34,42-43,46,54H,8,13,16-20,22-23,30-33,60H2,1-4H3,(H,66,72)(H,67,73)(H,68,71)(H3,61,62,76)/t42-,43-,46-,54-/m0/s1. The first-order chi connectivity index (χ1) is 39.2. The Kier molecular flexibility index (Phi) is 18.2. The van der Waals surface area contributed by atoms with Gasteiger partial charge in [-0.25, -0.2) is 4.79 Å². The van der Waals surface area contributed by atoms with Crippen LogP contribution in [-0.2, 0) is 58.3 Å². The van der Waals surface area contributed by atoms with E-state index in [1.807, 2.05) is 47.5 Å². The number of carbonyl (C=O) groups is 6. The molecule has 424 valence electrons. The summed E-state index contributed by atoms with van der Waals surface area (Å²) in [7, 11) is 3.02. The molecule has 4 aliphatic heterocycles. The molecule has 0 unspecified atom stereocenters. The van der Waals surface area contributed by atoms with Crippen LogP contribution in [0.3, 0.4) is 0 Å². The van der Waals surface area contributed by atoms with Crippen molar-refractivity contribution in [2.45, 2.75) is 96.4 Å². The monoisotopic (exact) mass is 1110 g/mol. The molecule has 81 heavy (non-hydrogen) atoms. The number of aliphatic imine (C=N–C) groups is 2. The van der Waals surface area contributed by atoms with Crippen LogP contribution in [-0.4, -0.2) is 127 Å². The molecule has 0 spiro atoms. The molecule has 1 aromatic heterocycles. The number of nitrogens with zero attached hydrogens (tertiary/aromatic N) is 5. The summed E-state index contributed by atoms with van der Waals surface area (Å²) < 4.78 is 29.3. The number of rotatable bonds is 23. The fraction of sp³-hybridized carbons (Fsp3) is 0.373.